The molecule has 0 fully saturated rings. The summed E-state index contributed by atoms with van der Waals surface area (Å²) in [5.74, 6) is 0.819. The van der Waals surface area contributed by atoms with Gasteiger partial charge in [0.05, 0.1) is 0 Å². The van der Waals surface area contributed by atoms with Gasteiger partial charge >= 0.3 is 0 Å². The van der Waals surface area contributed by atoms with E-state index < -0.39 is 5.60 Å². The summed E-state index contributed by atoms with van der Waals surface area (Å²) in [5, 5.41) is 10.2. The molecule has 0 saturated carbocycles. The van der Waals surface area contributed by atoms with Crippen molar-refractivity contribution >= 4 is 0 Å². The van der Waals surface area contributed by atoms with E-state index in [9.17, 15) is 5.11 Å². The summed E-state index contributed by atoms with van der Waals surface area (Å²) < 4.78 is 5.62. The standard InChI is InChI=1S/C11H14O2/c1-3-10-11(2,12)8-6-4-5-7-9(8)13-10/h4-7,10,12H,3H2,1-2H3/t10-,11-/m0/s1. The van der Waals surface area contributed by atoms with E-state index in [0.717, 1.165) is 17.7 Å². The third-order valence-corrected chi connectivity index (χ3v) is 2.70. The Morgan fingerprint density at radius 2 is 2.15 bits per heavy atom. The molecule has 70 valence electrons. The first kappa shape index (κ1) is 8.57. The van der Waals surface area contributed by atoms with Crippen LogP contribution in [-0.4, -0.2) is 11.2 Å². The van der Waals surface area contributed by atoms with E-state index >= 15 is 0 Å². The molecule has 2 heteroatoms. The van der Waals surface area contributed by atoms with E-state index in [1.54, 1.807) is 0 Å². The van der Waals surface area contributed by atoms with Crippen molar-refractivity contribution in [2.75, 3.05) is 0 Å². The van der Waals surface area contributed by atoms with E-state index in [2.05, 4.69) is 0 Å². The lowest BCUT2D eigenvalue weighted by Gasteiger charge is -2.23. The summed E-state index contributed by atoms with van der Waals surface area (Å²) in [4.78, 5) is 0. The molecular formula is C11H14O2. The zero-order valence-corrected chi connectivity index (χ0v) is 7.95. The number of fused-ring (bicyclic) bond motifs is 1. The van der Waals surface area contributed by atoms with Crippen LogP contribution in [0.1, 0.15) is 25.8 Å². The van der Waals surface area contributed by atoms with Crippen LogP contribution in [0.2, 0.25) is 0 Å². The lowest BCUT2D eigenvalue weighted by Crippen LogP contribution is -2.34. The molecule has 1 heterocycles. The van der Waals surface area contributed by atoms with Crippen molar-refractivity contribution in [2.45, 2.75) is 32.0 Å². The minimum absolute atomic E-state index is 0.107. The first-order valence-electron chi connectivity index (χ1n) is 4.64. The van der Waals surface area contributed by atoms with E-state index in [1.807, 2.05) is 38.1 Å². The van der Waals surface area contributed by atoms with Crippen molar-refractivity contribution in [1.82, 2.24) is 0 Å². The molecule has 2 atom stereocenters. The van der Waals surface area contributed by atoms with Gasteiger partial charge in [-0.25, -0.2) is 0 Å². The molecule has 0 aliphatic carbocycles. The van der Waals surface area contributed by atoms with Crippen LogP contribution in [0.5, 0.6) is 5.75 Å². The molecule has 2 rings (SSSR count). The highest BCUT2D eigenvalue weighted by Crippen LogP contribution is 2.41. The fourth-order valence-electron chi connectivity index (χ4n) is 1.91. The molecule has 1 aliphatic rings. The molecule has 0 aromatic heterocycles. The molecule has 2 nitrogen and oxygen atoms in total. The van der Waals surface area contributed by atoms with Crippen molar-refractivity contribution < 1.29 is 9.84 Å². The molecule has 0 amide bonds. The Kier molecular flexibility index (Phi) is 1.81. The number of hydrogen-bond acceptors (Lipinski definition) is 2. The van der Waals surface area contributed by atoms with E-state index in [4.69, 9.17) is 4.74 Å². The topological polar surface area (TPSA) is 29.5 Å². The van der Waals surface area contributed by atoms with Crippen LogP contribution in [-0.2, 0) is 5.60 Å². The third kappa shape index (κ3) is 1.13. The molecule has 0 bridgehead atoms. The van der Waals surface area contributed by atoms with Crippen molar-refractivity contribution in [1.29, 1.82) is 0 Å². The Bertz CT molecular complexity index is 318. The highest BCUT2D eigenvalue weighted by molar-refractivity contribution is 5.42. The highest BCUT2D eigenvalue weighted by atomic mass is 16.5. The summed E-state index contributed by atoms with van der Waals surface area (Å²) in [6, 6.07) is 7.67. The molecule has 1 aromatic rings. The van der Waals surface area contributed by atoms with Gasteiger partial charge in [-0.1, -0.05) is 25.1 Å². The zero-order valence-electron chi connectivity index (χ0n) is 7.95. The van der Waals surface area contributed by atoms with Gasteiger partial charge < -0.3 is 9.84 Å². The summed E-state index contributed by atoms with van der Waals surface area (Å²) in [5.41, 5.74) is 0.0765. The molecule has 13 heavy (non-hydrogen) atoms. The van der Waals surface area contributed by atoms with Crippen molar-refractivity contribution in [2.24, 2.45) is 0 Å². The van der Waals surface area contributed by atoms with Gasteiger partial charge in [-0.3, -0.25) is 0 Å². The average Bonchev–Trinajstić information content (AvgIpc) is 2.39. The van der Waals surface area contributed by atoms with E-state index in [1.165, 1.54) is 0 Å². The second-order valence-electron chi connectivity index (χ2n) is 3.66. The Balaban J connectivity index is 2.47. The van der Waals surface area contributed by atoms with Gasteiger partial charge in [-0.05, 0) is 19.4 Å². The SMILES string of the molecule is CC[C@@H]1Oc2ccccc2[C@]1(C)O. The minimum Gasteiger partial charge on any atom is -0.487 e. The molecule has 1 aliphatic heterocycles. The Morgan fingerprint density at radius 3 is 2.77 bits per heavy atom. The predicted molar refractivity (Wildman–Crippen MR) is 50.7 cm³/mol. The van der Waals surface area contributed by atoms with Gasteiger partial charge in [0, 0.05) is 5.56 Å². The number of hydrogen-bond donors (Lipinski definition) is 1. The van der Waals surface area contributed by atoms with Crippen LogP contribution in [0.3, 0.4) is 0 Å². The van der Waals surface area contributed by atoms with Crippen LogP contribution < -0.4 is 4.74 Å². The van der Waals surface area contributed by atoms with Gasteiger partial charge in [-0.15, -0.1) is 0 Å². The molecule has 1 aromatic carbocycles. The van der Waals surface area contributed by atoms with Crippen LogP contribution >= 0.6 is 0 Å². The fraction of sp³-hybridized carbons (Fsp3) is 0.455. The molecule has 0 spiro atoms. The van der Waals surface area contributed by atoms with Crippen LogP contribution in [0.25, 0.3) is 0 Å². The van der Waals surface area contributed by atoms with Crippen molar-refractivity contribution in [3.63, 3.8) is 0 Å². The number of aliphatic hydroxyl groups is 1. The minimum atomic E-state index is -0.828. The molecule has 1 N–H and O–H groups in total. The number of benzene rings is 1. The number of ether oxygens (including phenoxy) is 1. The Labute approximate surface area is 78.2 Å². The Hall–Kier alpha value is -1.02. The van der Waals surface area contributed by atoms with Gasteiger partial charge in [0.2, 0.25) is 0 Å². The molecule has 0 saturated heterocycles. The zero-order chi connectivity index (χ0) is 9.47. The molecular weight excluding hydrogens is 164 g/mol. The maximum Gasteiger partial charge on any atom is 0.131 e. The van der Waals surface area contributed by atoms with Gasteiger partial charge in [0.25, 0.3) is 0 Å². The van der Waals surface area contributed by atoms with Gasteiger partial charge in [-0.2, -0.15) is 0 Å². The fourth-order valence-corrected chi connectivity index (χ4v) is 1.91. The second kappa shape index (κ2) is 2.74. The normalized spacial score (nSPS) is 31.2. The quantitative estimate of drug-likeness (QED) is 0.713. The predicted octanol–water partition coefficient (Wildman–Crippen LogP) is 2.07. The summed E-state index contributed by atoms with van der Waals surface area (Å²) in [6.45, 7) is 3.83. The summed E-state index contributed by atoms with van der Waals surface area (Å²) in [7, 11) is 0. The monoisotopic (exact) mass is 178 g/mol. The lowest BCUT2D eigenvalue weighted by molar-refractivity contribution is -0.0258. The van der Waals surface area contributed by atoms with E-state index in [0.29, 0.717) is 0 Å². The van der Waals surface area contributed by atoms with Crippen molar-refractivity contribution in [3.8, 4) is 5.75 Å². The largest absolute Gasteiger partial charge is 0.487 e. The molecule has 0 unspecified atom stereocenters. The number of para-hydroxylation sites is 1. The summed E-state index contributed by atoms with van der Waals surface area (Å²) in [6.07, 6.45) is 0.715. The van der Waals surface area contributed by atoms with Crippen LogP contribution in [0.15, 0.2) is 24.3 Å². The summed E-state index contributed by atoms with van der Waals surface area (Å²) >= 11 is 0. The maximum absolute atomic E-state index is 10.2. The molecule has 0 radical (unpaired) electrons. The van der Waals surface area contributed by atoms with E-state index in [-0.39, 0.29) is 6.10 Å². The average molecular weight is 178 g/mol. The maximum atomic E-state index is 10.2. The number of rotatable bonds is 1. The van der Waals surface area contributed by atoms with Crippen LogP contribution in [0.4, 0.5) is 0 Å². The smallest absolute Gasteiger partial charge is 0.131 e. The highest BCUT2D eigenvalue weighted by Gasteiger charge is 2.42. The second-order valence-corrected chi connectivity index (χ2v) is 3.66. The Morgan fingerprint density at radius 1 is 1.46 bits per heavy atom. The lowest BCUT2D eigenvalue weighted by atomic mass is 9.91. The first-order chi connectivity index (χ1) is 6.16. The van der Waals surface area contributed by atoms with Crippen LogP contribution in [0, 0.1) is 0 Å². The van der Waals surface area contributed by atoms with Gasteiger partial charge in [0.1, 0.15) is 17.5 Å². The van der Waals surface area contributed by atoms with Gasteiger partial charge in [0.15, 0.2) is 0 Å². The first-order valence-corrected chi connectivity index (χ1v) is 4.64. The third-order valence-electron chi connectivity index (χ3n) is 2.70. The van der Waals surface area contributed by atoms with Crippen molar-refractivity contribution in [3.05, 3.63) is 29.8 Å².